The van der Waals surface area contributed by atoms with Crippen LogP contribution in [0.3, 0.4) is 0 Å². The number of nitrogens with zero attached hydrogens (tertiary/aromatic N) is 2. The molecule has 0 saturated heterocycles. The van der Waals surface area contributed by atoms with Crippen molar-refractivity contribution in [3.63, 3.8) is 0 Å². The first kappa shape index (κ1) is 23.0. The summed E-state index contributed by atoms with van der Waals surface area (Å²) >= 11 is 1.35. The molecule has 1 aliphatic rings. The molecule has 0 saturated carbocycles. The fraction of sp³-hybridized carbons (Fsp3) is 0.217. The van der Waals surface area contributed by atoms with E-state index in [1.807, 2.05) is 30.3 Å². The highest BCUT2D eigenvalue weighted by atomic mass is 32.2. The summed E-state index contributed by atoms with van der Waals surface area (Å²) in [5.41, 5.74) is 2.25. The molecule has 1 aromatic carbocycles. The summed E-state index contributed by atoms with van der Waals surface area (Å²) in [6.45, 7) is 4.31. The van der Waals surface area contributed by atoms with Crippen molar-refractivity contribution in [2.24, 2.45) is 7.05 Å². The molecule has 3 aromatic rings. The van der Waals surface area contributed by atoms with Gasteiger partial charge in [0, 0.05) is 31.6 Å². The summed E-state index contributed by atoms with van der Waals surface area (Å²) in [4.78, 5) is 25.0. The van der Waals surface area contributed by atoms with Crippen molar-refractivity contribution in [3.05, 3.63) is 82.9 Å². The predicted molar refractivity (Wildman–Crippen MR) is 127 cm³/mol. The van der Waals surface area contributed by atoms with Crippen molar-refractivity contribution in [3.8, 4) is 0 Å². The van der Waals surface area contributed by atoms with E-state index in [0.29, 0.717) is 18.0 Å². The Bertz CT molecular complexity index is 1290. The summed E-state index contributed by atoms with van der Waals surface area (Å²) in [6.07, 6.45) is 1.87. The fourth-order valence-corrected chi connectivity index (χ4v) is 6.44. The lowest BCUT2D eigenvalue weighted by Gasteiger charge is -2.17. The second kappa shape index (κ2) is 9.34. The molecule has 33 heavy (non-hydrogen) atoms. The lowest BCUT2D eigenvalue weighted by Crippen LogP contribution is -2.30. The van der Waals surface area contributed by atoms with Crippen LogP contribution in [0.25, 0.3) is 0 Å². The summed E-state index contributed by atoms with van der Waals surface area (Å²) in [5.74, 6) is -0.629. The van der Waals surface area contributed by atoms with Crippen molar-refractivity contribution in [1.82, 2.24) is 14.2 Å². The minimum absolute atomic E-state index is 0.0612. The molecule has 1 aliphatic heterocycles. The van der Waals surface area contributed by atoms with Crippen LogP contribution in [0.5, 0.6) is 0 Å². The number of hydrogen-bond donors (Lipinski definition) is 2. The molecule has 10 heteroatoms. The Kier molecular flexibility index (Phi) is 6.50. The van der Waals surface area contributed by atoms with E-state index in [2.05, 4.69) is 17.2 Å². The number of amides is 2. The molecule has 0 spiro atoms. The van der Waals surface area contributed by atoms with Crippen LogP contribution in [0.15, 0.2) is 66.2 Å². The molecule has 0 bridgehead atoms. The minimum Gasteiger partial charge on any atom is -0.350 e. The Labute approximate surface area is 196 Å². The lowest BCUT2D eigenvalue weighted by molar-refractivity contribution is -0.111. The van der Waals surface area contributed by atoms with Crippen LogP contribution in [0.1, 0.15) is 26.5 Å². The van der Waals surface area contributed by atoms with E-state index in [4.69, 9.17) is 0 Å². The van der Waals surface area contributed by atoms with Crippen LogP contribution in [-0.4, -0.2) is 35.6 Å². The number of anilines is 1. The third kappa shape index (κ3) is 4.77. The van der Waals surface area contributed by atoms with Gasteiger partial charge in [-0.3, -0.25) is 9.59 Å². The minimum atomic E-state index is -3.80. The zero-order chi connectivity index (χ0) is 23.6. The molecule has 2 N–H and O–H groups in total. The van der Waals surface area contributed by atoms with Gasteiger partial charge in [0.05, 0.1) is 5.00 Å². The van der Waals surface area contributed by atoms with Crippen LogP contribution in [-0.2, 0) is 41.4 Å². The number of nitrogens with one attached hydrogen (secondary N) is 2. The summed E-state index contributed by atoms with van der Waals surface area (Å²) in [6, 6.07) is 14.6. The average Bonchev–Trinajstić information content (AvgIpc) is 3.47. The van der Waals surface area contributed by atoms with E-state index in [1.165, 1.54) is 38.4 Å². The lowest BCUT2D eigenvalue weighted by atomic mass is 10.1. The highest BCUT2D eigenvalue weighted by Crippen LogP contribution is 2.37. The third-order valence-corrected chi connectivity index (χ3v) is 8.40. The van der Waals surface area contributed by atoms with E-state index in [9.17, 15) is 18.0 Å². The maximum Gasteiger partial charge on any atom is 0.267 e. The smallest absolute Gasteiger partial charge is 0.267 e. The molecule has 3 heterocycles. The molecule has 0 unspecified atom stereocenters. The van der Waals surface area contributed by atoms with Crippen LogP contribution in [0, 0.1) is 0 Å². The standard InChI is InChI=1S/C23H24N4O4S2/c1-3-20(28)25-21-13-17-14-27(15-19(17)32-21)33(30,31)22-10-9-18(26(22)2)23(29)24-12-11-16-7-5-4-6-8-16/h3-10,13H,1,11-12,14-15H2,2H3,(H,24,29)(H,25,28). The van der Waals surface area contributed by atoms with E-state index < -0.39 is 10.0 Å². The largest absolute Gasteiger partial charge is 0.350 e. The second-order valence-electron chi connectivity index (χ2n) is 7.63. The Balaban J connectivity index is 1.42. The molecule has 0 radical (unpaired) electrons. The van der Waals surface area contributed by atoms with E-state index >= 15 is 0 Å². The number of carbonyl (C=O) groups is 2. The maximum atomic E-state index is 13.3. The van der Waals surface area contributed by atoms with Gasteiger partial charge in [-0.05, 0) is 41.8 Å². The summed E-state index contributed by atoms with van der Waals surface area (Å²) < 4.78 is 29.3. The molecule has 0 atom stereocenters. The topological polar surface area (TPSA) is 101 Å². The van der Waals surface area contributed by atoms with Gasteiger partial charge in [0.2, 0.25) is 5.91 Å². The van der Waals surface area contributed by atoms with Gasteiger partial charge < -0.3 is 15.2 Å². The molecule has 172 valence electrons. The van der Waals surface area contributed by atoms with Crippen molar-refractivity contribution >= 4 is 38.2 Å². The van der Waals surface area contributed by atoms with E-state index in [-0.39, 0.29) is 35.6 Å². The maximum absolute atomic E-state index is 13.3. The molecule has 2 amide bonds. The van der Waals surface area contributed by atoms with Crippen molar-refractivity contribution in [2.75, 3.05) is 11.9 Å². The van der Waals surface area contributed by atoms with Crippen LogP contribution in [0.2, 0.25) is 0 Å². The Morgan fingerprint density at radius 2 is 1.91 bits per heavy atom. The summed E-state index contributed by atoms with van der Waals surface area (Å²) in [7, 11) is -2.23. The first-order valence-corrected chi connectivity index (χ1v) is 12.6. The zero-order valence-corrected chi connectivity index (χ0v) is 19.7. The van der Waals surface area contributed by atoms with E-state index in [1.54, 1.807) is 13.1 Å². The molecule has 2 aromatic heterocycles. The molecule has 0 fully saturated rings. The zero-order valence-electron chi connectivity index (χ0n) is 18.1. The molecule has 8 nitrogen and oxygen atoms in total. The number of sulfonamides is 1. The number of hydrogen-bond acceptors (Lipinski definition) is 5. The van der Waals surface area contributed by atoms with Gasteiger partial charge in [-0.1, -0.05) is 36.9 Å². The van der Waals surface area contributed by atoms with Gasteiger partial charge in [0.25, 0.3) is 15.9 Å². The average molecular weight is 485 g/mol. The molecule has 4 rings (SSSR count). The van der Waals surface area contributed by atoms with Gasteiger partial charge in [0.1, 0.15) is 5.69 Å². The van der Waals surface area contributed by atoms with Gasteiger partial charge in [-0.15, -0.1) is 11.3 Å². The number of rotatable bonds is 8. The van der Waals surface area contributed by atoms with Gasteiger partial charge >= 0.3 is 0 Å². The quantitative estimate of drug-likeness (QED) is 0.480. The fourth-order valence-electron chi connectivity index (χ4n) is 3.71. The number of aromatic nitrogens is 1. The predicted octanol–water partition coefficient (Wildman–Crippen LogP) is 2.89. The van der Waals surface area contributed by atoms with E-state index in [0.717, 1.165) is 16.0 Å². The highest BCUT2D eigenvalue weighted by Gasteiger charge is 2.34. The molecular weight excluding hydrogens is 460 g/mol. The highest BCUT2D eigenvalue weighted by molar-refractivity contribution is 7.89. The van der Waals surface area contributed by atoms with Gasteiger partial charge in [-0.2, -0.15) is 4.31 Å². The van der Waals surface area contributed by atoms with Crippen molar-refractivity contribution in [2.45, 2.75) is 24.5 Å². The Morgan fingerprint density at radius 1 is 1.15 bits per heavy atom. The number of benzene rings is 1. The van der Waals surface area contributed by atoms with Crippen molar-refractivity contribution < 1.29 is 18.0 Å². The monoisotopic (exact) mass is 484 g/mol. The Morgan fingerprint density at radius 3 is 2.61 bits per heavy atom. The van der Waals surface area contributed by atoms with Crippen LogP contribution in [0.4, 0.5) is 5.00 Å². The molecule has 0 aliphatic carbocycles. The first-order chi connectivity index (χ1) is 15.8. The Hall–Kier alpha value is -3.21. The van der Waals surface area contributed by atoms with Gasteiger partial charge in [-0.25, -0.2) is 8.42 Å². The second-order valence-corrected chi connectivity index (χ2v) is 10.7. The third-order valence-electron chi connectivity index (χ3n) is 5.45. The SMILES string of the molecule is C=CC(=O)Nc1cc2c(s1)CN(S(=O)(=O)c1ccc(C(=O)NCCc3ccccc3)n1C)C2. The van der Waals surface area contributed by atoms with Crippen molar-refractivity contribution in [1.29, 1.82) is 0 Å². The number of carbonyl (C=O) groups excluding carboxylic acids is 2. The first-order valence-electron chi connectivity index (χ1n) is 10.3. The van der Waals surface area contributed by atoms with Crippen LogP contribution >= 0.6 is 11.3 Å². The number of thiophene rings is 1. The van der Waals surface area contributed by atoms with Gasteiger partial charge in [0.15, 0.2) is 5.03 Å². The number of fused-ring (bicyclic) bond motifs is 1. The molecular formula is C23H24N4O4S2. The normalized spacial score (nSPS) is 13.5. The summed E-state index contributed by atoms with van der Waals surface area (Å²) in [5, 5.41) is 6.28. The van der Waals surface area contributed by atoms with Crippen LogP contribution < -0.4 is 10.6 Å².